The van der Waals surface area contributed by atoms with Crippen LogP contribution in [0, 0.1) is 0 Å². The lowest BCUT2D eigenvalue weighted by Crippen LogP contribution is -2.60. The fraction of sp³-hybridized carbons (Fsp3) is 0.923. The van der Waals surface area contributed by atoms with E-state index in [2.05, 4.69) is 0 Å². The SMILES string of the molecule is CCN(C(=O)N1CCC(OC)(OC)[C@@H](O)C1)C(C)C. The molecule has 6 nitrogen and oxygen atoms in total. The van der Waals surface area contributed by atoms with Crippen LogP contribution in [0.5, 0.6) is 0 Å². The zero-order valence-corrected chi connectivity index (χ0v) is 12.5. The molecule has 0 aliphatic carbocycles. The van der Waals surface area contributed by atoms with Gasteiger partial charge in [0.1, 0.15) is 6.10 Å². The summed E-state index contributed by atoms with van der Waals surface area (Å²) < 4.78 is 10.6. The van der Waals surface area contributed by atoms with Crippen LogP contribution in [0.3, 0.4) is 0 Å². The second-order valence-electron chi connectivity index (χ2n) is 5.09. The number of rotatable bonds is 4. The van der Waals surface area contributed by atoms with Crippen molar-refractivity contribution in [2.45, 2.75) is 45.1 Å². The molecule has 0 aromatic rings. The third kappa shape index (κ3) is 3.19. The molecule has 1 fully saturated rings. The van der Waals surface area contributed by atoms with Gasteiger partial charge in [0.25, 0.3) is 0 Å². The van der Waals surface area contributed by atoms with Crippen molar-refractivity contribution in [2.24, 2.45) is 0 Å². The van der Waals surface area contributed by atoms with E-state index in [1.165, 1.54) is 14.2 Å². The number of likely N-dealkylation sites (tertiary alicyclic amines) is 1. The average molecular weight is 274 g/mol. The topological polar surface area (TPSA) is 62.2 Å². The zero-order chi connectivity index (χ0) is 14.6. The Labute approximate surface area is 115 Å². The fourth-order valence-corrected chi connectivity index (χ4v) is 2.53. The second-order valence-corrected chi connectivity index (χ2v) is 5.09. The smallest absolute Gasteiger partial charge is 0.320 e. The lowest BCUT2D eigenvalue weighted by Gasteiger charge is -2.44. The van der Waals surface area contributed by atoms with E-state index in [4.69, 9.17) is 9.47 Å². The number of aliphatic hydroxyl groups excluding tert-OH is 1. The monoisotopic (exact) mass is 274 g/mol. The Bertz CT molecular complexity index is 305. The number of ether oxygens (including phenoxy) is 2. The van der Waals surface area contributed by atoms with Crippen LogP contribution in [0.4, 0.5) is 4.79 Å². The lowest BCUT2D eigenvalue weighted by atomic mass is 10.0. The summed E-state index contributed by atoms with van der Waals surface area (Å²) in [6.07, 6.45) is -0.381. The van der Waals surface area contributed by atoms with Gasteiger partial charge in [0.15, 0.2) is 5.79 Å². The molecule has 2 amide bonds. The Kier molecular flexibility index (Phi) is 5.58. The number of carbonyl (C=O) groups excluding carboxylic acids is 1. The first-order chi connectivity index (χ1) is 8.91. The van der Waals surface area contributed by atoms with Gasteiger partial charge in [-0.25, -0.2) is 4.79 Å². The van der Waals surface area contributed by atoms with Crippen molar-refractivity contribution >= 4 is 6.03 Å². The van der Waals surface area contributed by atoms with Crippen molar-refractivity contribution in [3.8, 4) is 0 Å². The van der Waals surface area contributed by atoms with Gasteiger partial charge in [-0.05, 0) is 20.8 Å². The largest absolute Gasteiger partial charge is 0.386 e. The van der Waals surface area contributed by atoms with Crippen LogP contribution < -0.4 is 0 Å². The number of urea groups is 1. The van der Waals surface area contributed by atoms with Crippen molar-refractivity contribution in [3.05, 3.63) is 0 Å². The maximum absolute atomic E-state index is 12.4. The van der Waals surface area contributed by atoms with Crippen LogP contribution in [0.2, 0.25) is 0 Å². The predicted molar refractivity (Wildman–Crippen MR) is 71.9 cm³/mol. The zero-order valence-electron chi connectivity index (χ0n) is 12.5. The first kappa shape index (κ1) is 16.2. The van der Waals surface area contributed by atoms with Gasteiger partial charge in [-0.2, -0.15) is 0 Å². The molecule has 0 unspecified atom stereocenters. The molecule has 0 aromatic heterocycles. The summed E-state index contributed by atoms with van der Waals surface area (Å²) in [5.41, 5.74) is 0. The van der Waals surface area contributed by atoms with Crippen molar-refractivity contribution in [2.75, 3.05) is 33.9 Å². The van der Waals surface area contributed by atoms with E-state index in [9.17, 15) is 9.90 Å². The minimum atomic E-state index is -0.994. The molecule has 0 radical (unpaired) electrons. The Morgan fingerprint density at radius 2 is 2.05 bits per heavy atom. The number of methoxy groups -OCH3 is 2. The summed E-state index contributed by atoms with van der Waals surface area (Å²) in [7, 11) is 3.02. The molecular weight excluding hydrogens is 248 g/mol. The standard InChI is InChI=1S/C13H26N2O4/c1-6-15(10(2)3)12(17)14-8-7-13(18-4,19-5)11(16)9-14/h10-11,16H,6-9H2,1-5H3/t11-/m0/s1. The van der Waals surface area contributed by atoms with Gasteiger partial charge in [-0.15, -0.1) is 0 Å². The highest BCUT2D eigenvalue weighted by atomic mass is 16.7. The third-order valence-corrected chi connectivity index (χ3v) is 3.80. The minimum Gasteiger partial charge on any atom is -0.386 e. The Morgan fingerprint density at radius 3 is 2.42 bits per heavy atom. The molecule has 1 heterocycles. The number of aliphatic hydroxyl groups is 1. The molecule has 6 heteroatoms. The number of amides is 2. The van der Waals surface area contributed by atoms with E-state index in [0.717, 1.165) is 0 Å². The van der Waals surface area contributed by atoms with Crippen molar-refractivity contribution in [1.29, 1.82) is 0 Å². The van der Waals surface area contributed by atoms with E-state index < -0.39 is 11.9 Å². The molecule has 0 saturated carbocycles. The van der Waals surface area contributed by atoms with Crippen molar-refractivity contribution < 1.29 is 19.4 Å². The number of piperidine rings is 1. The first-order valence-electron chi connectivity index (χ1n) is 6.75. The highest BCUT2D eigenvalue weighted by molar-refractivity contribution is 5.75. The van der Waals surface area contributed by atoms with Gasteiger partial charge in [0, 0.05) is 39.8 Å². The van der Waals surface area contributed by atoms with Crippen LogP contribution >= 0.6 is 0 Å². The molecule has 0 aromatic carbocycles. The summed E-state index contributed by atoms with van der Waals surface area (Å²) in [6.45, 7) is 7.31. The molecule has 112 valence electrons. The molecule has 1 atom stereocenters. The first-order valence-corrected chi connectivity index (χ1v) is 6.75. The molecule has 0 spiro atoms. The van der Waals surface area contributed by atoms with Gasteiger partial charge >= 0.3 is 6.03 Å². The Hall–Kier alpha value is -0.850. The second kappa shape index (κ2) is 6.54. The highest BCUT2D eigenvalue weighted by Crippen LogP contribution is 2.27. The van der Waals surface area contributed by atoms with E-state index >= 15 is 0 Å². The summed E-state index contributed by atoms with van der Waals surface area (Å²) in [6, 6.07) is 0.100. The Morgan fingerprint density at radius 1 is 1.47 bits per heavy atom. The molecule has 1 aliphatic heterocycles. The van der Waals surface area contributed by atoms with E-state index in [0.29, 0.717) is 19.5 Å². The van der Waals surface area contributed by atoms with Crippen molar-refractivity contribution in [3.63, 3.8) is 0 Å². The lowest BCUT2D eigenvalue weighted by molar-refractivity contribution is -0.275. The van der Waals surface area contributed by atoms with Crippen LogP contribution in [-0.2, 0) is 9.47 Å². The molecule has 1 saturated heterocycles. The van der Waals surface area contributed by atoms with E-state index in [1.807, 2.05) is 20.8 Å². The van der Waals surface area contributed by atoms with Crippen LogP contribution in [0.1, 0.15) is 27.2 Å². The number of hydrogen-bond donors (Lipinski definition) is 1. The molecule has 19 heavy (non-hydrogen) atoms. The van der Waals surface area contributed by atoms with E-state index in [1.54, 1.807) is 9.80 Å². The predicted octanol–water partition coefficient (Wildman–Crippen LogP) is 0.892. The molecule has 0 bridgehead atoms. The Balaban J connectivity index is 2.73. The summed E-state index contributed by atoms with van der Waals surface area (Å²) >= 11 is 0. The van der Waals surface area contributed by atoms with E-state index in [-0.39, 0.29) is 18.6 Å². The average Bonchev–Trinajstić information content (AvgIpc) is 2.39. The summed E-state index contributed by atoms with van der Waals surface area (Å²) in [5, 5.41) is 10.2. The maximum Gasteiger partial charge on any atom is 0.320 e. The minimum absolute atomic E-state index is 0.0441. The highest BCUT2D eigenvalue weighted by Gasteiger charge is 2.44. The molecule has 1 aliphatic rings. The van der Waals surface area contributed by atoms with Gasteiger partial charge in [0.05, 0.1) is 6.54 Å². The third-order valence-electron chi connectivity index (χ3n) is 3.80. The number of hydrogen-bond acceptors (Lipinski definition) is 4. The van der Waals surface area contributed by atoms with Gasteiger partial charge in [-0.3, -0.25) is 0 Å². The van der Waals surface area contributed by atoms with Crippen molar-refractivity contribution in [1.82, 2.24) is 9.80 Å². The number of nitrogens with zero attached hydrogens (tertiary/aromatic N) is 2. The quantitative estimate of drug-likeness (QED) is 0.774. The fourth-order valence-electron chi connectivity index (χ4n) is 2.53. The molecule has 1 N–H and O–H groups in total. The van der Waals surface area contributed by atoms with Crippen LogP contribution in [0.15, 0.2) is 0 Å². The van der Waals surface area contributed by atoms with Crippen LogP contribution in [0.25, 0.3) is 0 Å². The number of carbonyl (C=O) groups is 1. The van der Waals surface area contributed by atoms with Crippen LogP contribution in [-0.4, -0.2) is 72.7 Å². The molecular formula is C13H26N2O4. The maximum atomic E-state index is 12.4. The van der Waals surface area contributed by atoms with Gasteiger partial charge in [0.2, 0.25) is 0 Å². The van der Waals surface area contributed by atoms with Gasteiger partial charge < -0.3 is 24.4 Å². The summed E-state index contributed by atoms with van der Waals surface area (Å²) in [4.78, 5) is 15.8. The summed E-state index contributed by atoms with van der Waals surface area (Å²) in [5.74, 6) is -0.994. The number of β-amino-alcohol motifs (C(OH)–C–C–N with tert-alkyl or cyclic N) is 1. The normalized spacial score (nSPS) is 22.7. The molecule has 1 rings (SSSR count). The van der Waals surface area contributed by atoms with Gasteiger partial charge in [-0.1, -0.05) is 0 Å².